The molecule has 7 N–H and O–H groups in total. The third-order valence-corrected chi connectivity index (χ3v) is 8.46. The first-order valence-electron chi connectivity index (χ1n) is 13.8. The Balaban J connectivity index is 0. The fourth-order valence-electron chi connectivity index (χ4n) is 2.99. The zero-order chi connectivity index (χ0) is 36.1. The number of hydrogen-bond acceptors (Lipinski definition) is 13. The summed E-state index contributed by atoms with van der Waals surface area (Å²) in [4.78, 5) is 55.7. The first-order valence-corrected chi connectivity index (χ1v) is 16.7. The molecule has 0 saturated heterocycles. The summed E-state index contributed by atoms with van der Waals surface area (Å²) in [6.07, 6.45) is 1.54. The molecule has 0 saturated carbocycles. The van der Waals surface area contributed by atoms with Crippen LogP contribution >= 0.6 is 20.6 Å². The van der Waals surface area contributed by atoms with Crippen molar-refractivity contribution in [3.63, 3.8) is 0 Å². The van der Waals surface area contributed by atoms with Crippen molar-refractivity contribution in [3.8, 4) is 0 Å². The number of nitrogens with two attached hydrogens (primary N) is 2. The van der Waals surface area contributed by atoms with Crippen molar-refractivity contribution in [3.05, 3.63) is 51.9 Å². The van der Waals surface area contributed by atoms with Gasteiger partial charge < -0.3 is 26.4 Å². The van der Waals surface area contributed by atoms with Gasteiger partial charge in [-0.3, -0.25) is 24.8 Å². The number of hydrogen-bond donors (Lipinski definition) is 4. The molecule has 49 heavy (non-hydrogen) atoms. The van der Waals surface area contributed by atoms with Gasteiger partial charge >= 0.3 is 160 Å². The second-order valence-corrected chi connectivity index (χ2v) is 14.7. The summed E-state index contributed by atoms with van der Waals surface area (Å²) < 4.78 is 23.8. The van der Waals surface area contributed by atoms with E-state index in [1.807, 2.05) is 18.2 Å². The predicted octanol–water partition coefficient (Wildman–Crippen LogP) is 1.36. The third kappa shape index (κ3) is 19.5. The van der Waals surface area contributed by atoms with Gasteiger partial charge in [-0.05, 0) is 41.5 Å². The SMILES string of the molecule is CC(=O)OI(OC(C)=O)c1ccccc1.Cn1ncc(C(N)=O)c1NC(=O)OC(C)(C)C.Cn1ncc(N)c1NC(=O)OC(C)(C)C.[K+].[OH-]. The van der Waals surface area contributed by atoms with E-state index in [4.69, 9.17) is 27.1 Å². The number of nitrogens with one attached hydrogen (secondary N) is 2. The van der Waals surface area contributed by atoms with Crippen LogP contribution in [0.5, 0.6) is 0 Å². The van der Waals surface area contributed by atoms with Crippen LogP contribution in [0, 0.1) is 3.57 Å². The van der Waals surface area contributed by atoms with E-state index < -0.39 is 61.9 Å². The number of aromatic nitrogens is 4. The van der Waals surface area contributed by atoms with Crippen molar-refractivity contribution < 1.29 is 96.4 Å². The number of primary amides is 1. The van der Waals surface area contributed by atoms with Crippen molar-refractivity contribution >= 4 is 68.0 Å². The molecule has 2 heterocycles. The fourth-order valence-corrected chi connectivity index (χ4v) is 5.72. The van der Waals surface area contributed by atoms with Crippen LogP contribution in [0.15, 0.2) is 42.7 Å². The number of nitrogens with zero attached hydrogens (tertiary/aromatic N) is 4. The van der Waals surface area contributed by atoms with Gasteiger partial charge in [0.1, 0.15) is 22.6 Å². The number of ether oxygens (including phenoxy) is 2. The van der Waals surface area contributed by atoms with Gasteiger partial charge in [0.2, 0.25) is 0 Å². The Morgan fingerprint density at radius 3 is 1.53 bits per heavy atom. The number of carbonyl (C=O) groups is 5. The monoisotopic (exact) mass is 830 g/mol. The number of rotatable bonds is 6. The van der Waals surface area contributed by atoms with Crippen LogP contribution in [-0.4, -0.2) is 66.3 Å². The van der Waals surface area contributed by atoms with Crippen LogP contribution in [-0.2, 0) is 39.3 Å². The Labute approximate surface area is 335 Å². The molecule has 0 aliphatic carbocycles. The maximum Gasteiger partial charge on any atom is 1.00 e. The van der Waals surface area contributed by atoms with Crippen molar-refractivity contribution in [2.24, 2.45) is 19.8 Å². The summed E-state index contributed by atoms with van der Waals surface area (Å²) in [5, 5.41) is 12.7. The Morgan fingerprint density at radius 1 is 0.755 bits per heavy atom. The third-order valence-electron chi connectivity index (χ3n) is 4.68. The molecule has 3 rings (SSSR count). The minimum Gasteiger partial charge on any atom is -0.870 e. The molecule has 1 aromatic carbocycles. The van der Waals surface area contributed by atoms with E-state index in [9.17, 15) is 24.0 Å². The quantitative estimate of drug-likeness (QED) is 0.202. The van der Waals surface area contributed by atoms with Gasteiger partial charge in [0.25, 0.3) is 5.91 Å². The molecule has 0 spiro atoms. The number of halogens is 1. The molecule has 0 aliphatic heterocycles. The minimum absolute atomic E-state index is 0. The zero-order valence-electron chi connectivity index (χ0n) is 29.5. The second-order valence-electron chi connectivity index (χ2n) is 11.4. The van der Waals surface area contributed by atoms with Crippen molar-refractivity contribution in [1.29, 1.82) is 0 Å². The molecule has 0 atom stereocenters. The number of carbonyl (C=O) groups excluding carboxylic acids is 5. The number of amides is 3. The molecule has 2 aromatic heterocycles. The Kier molecular flexibility index (Phi) is 21.2. The van der Waals surface area contributed by atoms with Crippen LogP contribution in [0.4, 0.5) is 26.9 Å². The molecule has 3 amide bonds. The van der Waals surface area contributed by atoms with Gasteiger partial charge in [-0.2, -0.15) is 10.2 Å². The standard InChI is InChI=1S/C10H11IO4.C10H16N4O3.C9H16N4O2.K.H2O/c1-8(12)14-11(15-9(2)13)10-6-4-3-5-7-10;1-10(2,3)17-9(16)13-8-6(7(11)15)5-12-14(8)4;1-9(2,3)15-8(14)12-7-6(10)5-11-13(7)4;;/h3-7H,1-2H3;5H,1-4H3,(H2,11,15)(H,13,16);5H,10H2,1-4H3,(H,12,14);;1H2/q;;;+1;/p-1. The van der Waals surface area contributed by atoms with E-state index in [1.165, 1.54) is 35.6 Å². The Bertz CT molecular complexity index is 1500. The first-order chi connectivity index (χ1) is 21.6. The maximum absolute atomic E-state index is 11.5. The zero-order valence-corrected chi connectivity index (χ0v) is 34.8. The molecule has 268 valence electrons. The van der Waals surface area contributed by atoms with Crippen LogP contribution in [0.25, 0.3) is 0 Å². The molecule has 0 fully saturated rings. The van der Waals surface area contributed by atoms with Gasteiger partial charge in [-0.15, -0.1) is 0 Å². The minimum atomic E-state index is -2.59. The molecule has 0 aliphatic rings. The van der Waals surface area contributed by atoms with Crippen LogP contribution in [0.1, 0.15) is 65.7 Å². The number of benzene rings is 1. The molecule has 0 unspecified atom stereocenters. The van der Waals surface area contributed by atoms with Crippen LogP contribution in [0.3, 0.4) is 0 Å². The summed E-state index contributed by atoms with van der Waals surface area (Å²) in [6.45, 7) is 13.2. The first kappa shape index (κ1) is 47.8. The smallest absolute Gasteiger partial charge is 0.870 e. The number of nitrogen functional groups attached to an aromatic ring is 1. The average molecular weight is 831 g/mol. The summed E-state index contributed by atoms with van der Waals surface area (Å²) in [6, 6.07) is 9.05. The molecule has 0 radical (unpaired) electrons. The van der Waals surface area contributed by atoms with E-state index >= 15 is 0 Å². The van der Waals surface area contributed by atoms with E-state index in [2.05, 4.69) is 20.8 Å². The number of anilines is 3. The molecule has 0 bridgehead atoms. The van der Waals surface area contributed by atoms with Crippen molar-refractivity contribution in [2.75, 3.05) is 16.4 Å². The topological polar surface area (TPSA) is 264 Å². The maximum atomic E-state index is 11.5. The largest absolute Gasteiger partial charge is 1.00 e. The van der Waals surface area contributed by atoms with Crippen molar-refractivity contribution in [1.82, 2.24) is 19.6 Å². The molecular formula is C29H44IKN8O10. The van der Waals surface area contributed by atoms with E-state index in [0.29, 0.717) is 11.5 Å². The Morgan fingerprint density at radius 2 is 1.16 bits per heavy atom. The summed E-state index contributed by atoms with van der Waals surface area (Å²) >= 11 is -2.59. The van der Waals surface area contributed by atoms with Gasteiger partial charge in [0, 0.05) is 14.1 Å². The van der Waals surface area contributed by atoms with Gasteiger partial charge in [-0.1, -0.05) is 0 Å². The fraction of sp³-hybridized carbons (Fsp3) is 0.414. The van der Waals surface area contributed by atoms with Gasteiger partial charge in [0.05, 0.1) is 18.1 Å². The van der Waals surface area contributed by atoms with Gasteiger partial charge in [-0.25, -0.2) is 9.59 Å². The van der Waals surface area contributed by atoms with Gasteiger partial charge in [0.15, 0.2) is 5.82 Å². The summed E-state index contributed by atoms with van der Waals surface area (Å²) in [5.41, 5.74) is 10.1. The summed E-state index contributed by atoms with van der Waals surface area (Å²) in [5.74, 6) is -0.865. The second kappa shape index (κ2) is 21.7. The summed E-state index contributed by atoms with van der Waals surface area (Å²) in [7, 11) is 3.27. The van der Waals surface area contributed by atoms with E-state index in [0.717, 1.165) is 3.57 Å². The van der Waals surface area contributed by atoms with E-state index in [1.54, 1.807) is 67.8 Å². The molecular weight excluding hydrogens is 786 g/mol. The van der Waals surface area contributed by atoms with Crippen LogP contribution < -0.4 is 73.5 Å². The molecule has 18 nitrogen and oxygen atoms in total. The molecule has 3 aromatic rings. The van der Waals surface area contributed by atoms with E-state index in [-0.39, 0.29) is 68.2 Å². The van der Waals surface area contributed by atoms with Crippen molar-refractivity contribution in [2.45, 2.75) is 66.6 Å². The normalized spacial score (nSPS) is 10.4. The molecule has 20 heteroatoms. The predicted molar refractivity (Wildman–Crippen MR) is 184 cm³/mol. The number of aryl methyl sites for hydroxylation is 2. The van der Waals surface area contributed by atoms with Crippen LogP contribution in [0.2, 0.25) is 0 Å². The Hall–Kier alpha value is -3.28. The average Bonchev–Trinajstić information content (AvgIpc) is 3.43.